The molecule has 2 aromatic rings. The molecular formula is C14H15FN2O3. The number of nitrogens with zero attached hydrogens (tertiary/aromatic N) is 1. The van der Waals surface area contributed by atoms with Gasteiger partial charge in [-0.1, -0.05) is 5.16 Å². The summed E-state index contributed by atoms with van der Waals surface area (Å²) in [6.07, 6.45) is 0.226. The van der Waals surface area contributed by atoms with Crippen molar-refractivity contribution in [2.45, 2.75) is 19.4 Å². The summed E-state index contributed by atoms with van der Waals surface area (Å²) in [6, 6.07) is 6.74. The molecule has 0 fully saturated rings. The number of ether oxygens (including phenoxy) is 1. The molecule has 5 nitrogen and oxygen atoms in total. The summed E-state index contributed by atoms with van der Waals surface area (Å²) < 4.78 is 22.8. The Balaban J connectivity index is 2.05. The number of nitrogens with two attached hydrogens (primary N) is 1. The number of esters is 1. The van der Waals surface area contributed by atoms with Crippen molar-refractivity contribution in [2.75, 3.05) is 6.61 Å². The average molecular weight is 278 g/mol. The minimum atomic E-state index is -0.777. The third kappa shape index (κ3) is 3.42. The smallest absolute Gasteiger partial charge is 0.323 e. The van der Waals surface area contributed by atoms with Gasteiger partial charge in [0.1, 0.15) is 11.9 Å². The molecule has 0 spiro atoms. The molecule has 1 unspecified atom stereocenters. The number of carbonyl (C=O) groups excluding carboxylic acids is 1. The number of benzene rings is 1. The maximum Gasteiger partial charge on any atom is 0.323 e. The monoisotopic (exact) mass is 278 g/mol. The minimum absolute atomic E-state index is 0.226. The highest BCUT2D eigenvalue weighted by Gasteiger charge is 2.17. The topological polar surface area (TPSA) is 78.4 Å². The van der Waals surface area contributed by atoms with Gasteiger partial charge in [0.2, 0.25) is 0 Å². The first-order valence-electron chi connectivity index (χ1n) is 6.24. The van der Waals surface area contributed by atoms with Gasteiger partial charge in [-0.3, -0.25) is 4.79 Å². The molecule has 1 heterocycles. The molecule has 1 aromatic heterocycles. The van der Waals surface area contributed by atoms with Crippen molar-refractivity contribution in [3.63, 3.8) is 0 Å². The molecule has 1 aromatic carbocycles. The molecule has 0 radical (unpaired) electrons. The van der Waals surface area contributed by atoms with Crippen LogP contribution in [0.1, 0.15) is 12.6 Å². The summed E-state index contributed by atoms with van der Waals surface area (Å²) in [5.41, 5.74) is 6.95. The van der Waals surface area contributed by atoms with Crippen molar-refractivity contribution in [3.8, 4) is 11.3 Å². The zero-order chi connectivity index (χ0) is 14.5. The molecule has 0 aliphatic heterocycles. The van der Waals surface area contributed by atoms with Gasteiger partial charge in [-0.2, -0.15) is 0 Å². The Morgan fingerprint density at radius 3 is 2.80 bits per heavy atom. The summed E-state index contributed by atoms with van der Waals surface area (Å²) in [5, 5.41) is 3.84. The fourth-order valence-corrected chi connectivity index (χ4v) is 1.72. The number of hydrogen-bond donors (Lipinski definition) is 1. The second-order valence-electron chi connectivity index (χ2n) is 4.25. The molecule has 0 saturated carbocycles. The van der Waals surface area contributed by atoms with E-state index in [9.17, 15) is 9.18 Å². The molecule has 106 valence electrons. The van der Waals surface area contributed by atoms with Crippen LogP contribution in [-0.2, 0) is 16.0 Å². The first-order valence-corrected chi connectivity index (χ1v) is 6.24. The Morgan fingerprint density at radius 1 is 1.45 bits per heavy atom. The first-order chi connectivity index (χ1) is 9.60. The summed E-state index contributed by atoms with van der Waals surface area (Å²) in [7, 11) is 0. The van der Waals surface area contributed by atoms with E-state index in [4.69, 9.17) is 15.0 Å². The molecule has 0 aliphatic rings. The van der Waals surface area contributed by atoms with Crippen molar-refractivity contribution in [3.05, 3.63) is 41.8 Å². The Hall–Kier alpha value is -2.21. The van der Waals surface area contributed by atoms with Crippen molar-refractivity contribution >= 4 is 5.97 Å². The van der Waals surface area contributed by atoms with Gasteiger partial charge >= 0.3 is 5.97 Å². The Bertz CT molecular complexity index is 580. The van der Waals surface area contributed by atoms with Gasteiger partial charge in [0, 0.05) is 18.1 Å². The van der Waals surface area contributed by atoms with Gasteiger partial charge in [-0.05, 0) is 31.2 Å². The van der Waals surface area contributed by atoms with Crippen molar-refractivity contribution in [1.82, 2.24) is 5.16 Å². The van der Waals surface area contributed by atoms with Crippen molar-refractivity contribution < 1.29 is 18.4 Å². The SMILES string of the molecule is CCOC(=O)C(N)Cc1cc(-c2ccc(F)cc2)on1. The lowest BCUT2D eigenvalue weighted by Gasteiger charge is -2.07. The number of rotatable bonds is 5. The molecule has 0 bridgehead atoms. The van der Waals surface area contributed by atoms with Crippen LogP contribution in [0.2, 0.25) is 0 Å². The van der Waals surface area contributed by atoms with E-state index in [2.05, 4.69) is 5.16 Å². The molecule has 0 amide bonds. The zero-order valence-electron chi connectivity index (χ0n) is 11.0. The Kier molecular flexibility index (Phi) is 4.47. The van der Waals surface area contributed by atoms with Gasteiger partial charge in [0.15, 0.2) is 5.76 Å². The van der Waals surface area contributed by atoms with Crippen molar-refractivity contribution in [2.24, 2.45) is 5.73 Å². The predicted molar refractivity (Wildman–Crippen MR) is 70.2 cm³/mol. The normalized spacial score (nSPS) is 12.2. The maximum atomic E-state index is 12.8. The van der Waals surface area contributed by atoms with E-state index in [-0.39, 0.29) is 18.8 Å². The molecule has 20 heavy (non-hydrogen) atoms. The molecule has 6 heteroatoms. The van der Waals surface area contributed by atoms with Crippen LogP contribution in [0.3, 0.4) is 0 Å². The lowest BCUT2D eigenvalue weighted by molar-refractivity contribution is -0.144. The largest absolute Gasteiger partial charge is 0.465 e. The van der Waals surface area contributed by atoms with Crippen LogP contribution in [0.15, 0.2) is 34.9 Å². The highest BCUT2D eigenvalue weighted by Crippen LogP contribution is 2.21. The van der Waals surface area contributed by atoms with E-state index >= 15 is 0 Å². The van der Waals surface area contributed by atoms with Crippen LogP contribution in [0.5, 0.6) is 0 Å². The van der Waals surface area contributed by atoms with Crippen LogP contribution in [0, 0.1) is 5.82 Å². The molecule has 0 aliphatic carbocycles. The fourth-order valence-electron chi connectivity index (χ4n) is 1.72. The minimum Gasteiger partial charge on any atom is -0.465 e. The quantitative estimate of drug-likeness (QED) is 0.845. The highest BCUT2D eigenvalue weighted by molar-refractivity contribution is 5.75. The summed E-state index contributed by atoms with van der Waals surface area (Å²) in [4.78, 5) is 11.4. The second kappa shape index (κ2) is 6.29. The second-order valence-corrected chi connectivity index (χ2v) is 4.25. The van der Waals surface area contributed by atoms with Crippen LogP contribution in [0.25, 0.3) is 11.3 Å². The predicted octanol–water partition coefficient (Wildman–Crippen LogP) is 1.91. The van der Waals surface area contributed by atoms with Crippen LogP contribution in [-0.4, -0.2) is 23.8 Å². The van der Waals surface area contributed by atoms with Gasteiger partial charge in [-0.15, -0.1) is 0 Å². The standard InChI is InChI=1S/C14H15FN2O3/c1-2-19-14(18)12(16)7-11-8-13(20-17-11)9-3-5-10(15)6-4-9/h3-6,8,12H,2,7,16H2,1H3. The highest BCUT2D eigenvalue weighted by atomic mass is 19.1. The van der Waals surface area contributed by atoms with E-state index in [0.29, 0.717) is 17.0 Å². The van der Waals surface area contributed by atoms with Gasteiger partial charge in [0.05, 0.1) is 12.3 Å². The third-order valence-corrected chi connectivity index (χ3v) is 2.71. The molecule has 2 N–H and O–H groups in total. The lowest BCUT2D eigenvalue weighted by Crippen LogP contribution is -2.34. The van der Waals surface area contributed by atoms with Crippen molar-refractivity contribution in [1.29, 1.82) is 0 Å². The molecule has 0 saturated heterocycles. The Labute approximate surface area is 115 Å². The molecule has 1 atom stereocenters. The van der Waals surface area contributed by atoms with E-state index in [1.807, 2.05) is 0 Å². The van der Waals surface area contributed by atoms with E-state index in [0.717, 1.165) is 0 Å². The van der Waals surface area contributed by atoms with Gasteiger partial charge in [-0.25, -0.2) is 4.39 Å². The lowest BCUT2D eigenvalue weighted by atomic mass is 10.1. The van der Waals surface area contributed by atoms with Crippen LogP contribution >= 0.6 is 0 Å². The zero-order valence-corrected chi connectivity index (χ0v) is 11.0. The number of halogens is 1. The maximum absolute atomic E-state index is 12.8. The number of carbonyl (C=O) groups is 1. The number of hydrogen-bond acceptors (Lipinski definition) is 5. The van der Waals surface area contributed by atoms with Gasteiger partial charge < -0.3 is 15.0 Å². The fraction of sp³-hybridized carbons (Fsp3) is 0.286. The molecule has 2 rings (SSSR count). The van der Waals surface area contributed by atoms with E-state index < -0.39 is 12.0 Å². The van der Waals surface area contributed by atoms with E-state index in [1.165, 1.54) is 12.1 Å². The summed E-state index contributed by atoms with van der Waals surface area (Å²) in [5.74, 6) is -0.298. The molecular weight excluding hydrogens is 263 g/mol. The van der Waals surface area contributed by atoms with E-state index in [1.54, 1.807) is 25.1 Å². The number of aromatic nitrogens is 1. The summed E-state index contributed by atoms with van der Waals surface area (Å²) in [6.45, 7) is 2.00. The van der Waals surface area contributed by atoms with Crippen LogP contribution < -0.4 is 5.73 Å². The average Bonchev–Trinajstić information content (AvgIpc) is 2.88. The third-order valence-electron chi connectivity index (χ3n) is 2.71. The summed E-state index contributed by atoms with van der Waals surface area (Å²) >= 11 is 0. The van der Waals surface area contributed by atoms with Gasteiger partial charge in [0.25, 0.3) is 0 Å². The first kappa shape index (κ1) is 14.2. The Morgan fingerprint density at radius 2 is 2.15 bits per heavy atom. The van der Waals surface area contributed by atoms with Crippen LogP contribution in [0.4, 0.5) is 4.39 Å².